The highest BCUT2D eigenvalue weighted by Gasteiger charge is 2.36. The first-order valence-electron chi connectivity index (χ1n) is 8.59. The van der Waals surface area contributed by atoms with Crippen LogP contribution in [0.5, 0.6) is 0 Å². The Labute approximate surface area is 133 Å². The van der Waals surface area contributed by atoms with Crippen molar-refractivity contribution in [3.8, 4) is 0 Å². The van der Waals surface area contributed by atoms with Gasteiger partial charge in [-0.25, -0.2) is 0 Å². The van der Waals surface area contributed by atoms with Gasteiger partial charge in [-0.05, 0) is 57.3 Å². The summed E-state index contributed by atoms with van der Waals surface area (Å²) in [4.78, 5) is 12.8. The van der Waals surface area contributed by atoms with Gasteiger partial charge in [0.2, 0.25) is 5.91 Å². The van der Waals surface area contributed by atoms with Crippen LogP contribution in [0.4, 0.5) is 0 Å². The minimum absolute atomic E-state index is 0.150. The van der Waals surface area contributed by atoms with Gasteiger partial charge in [0.1, 0.15) is 0 Å². The Kier molecular flexibility index (Phi) is 5.11. The number of carbonyl (C=O) groups is 1. The molecule has 0 saturated carbocycles. The smallest absolute Gasteiger partial charge is 0.223 e. The number of benzene rings is 1. The molecule has 2 aliphatic heterocycles. The number of hydrogen-bond donors (Lipinski definition) is 3. The molecule has 1 amide bonds. The molecule has 3 N–H and O–H groups in total. The van der Waals surface area contributed by atoms with Gasteiger partial charge in [-0.15, -0.1) is 0 Å². The monoisotopic (exact) mass is 301 g/mol. The molecule has 4 nitrogen and oxygen atoms in total. The van der Waals surface area contributed by atoms with Crippen molar-refractivity contribution in [1.82, 2.24) is 16.0 Å². The van der Waals surface area contributed by atoms with Crippen LogP contribution in [0.25, 0.3) is 0 Å². The lowest BCUT2D eigenvalue weighted by molar-refractivity contribution is -0.127. The van der Waals surface area contributed by atoms with Gasteiger partial charge < -0.3 is 16.0 Å². The van der Waals surface area contributed by atoms with Crippen LogP contribution < -0.4 is 16.0 Å². The maximum absolute atomic E-state index is 12.8. The Morgan fingerprint density at radius 1 is 1.05 bits per heavy atom. The third-order valence-electron chi connectivity index (χ3n) is 5.02. The predicted octanol–water partition coefficient (Wildman–Crippen LogP) is 1.77. The number of nitrogens with one attached hydrogen (secondary N) is 3. The first kappa shape index (κ1) is 15.5. The molecule has 3 rings (SSSR count). The molecule has 2 atom stereocenters. The second-order valence-corrected chi connectivity index (χ2v) is 6.60. The van der Waals surface area contributed by atoms with Crippen LogP contribution in [-0.4, -0.2) is 32.1 Å². The zero-order valence-electron chi connectivity index (χ0n) is 13.2. The highest BCUT2D eigenvalue weighted by molar-refractivity contribution is 5.79. The van der Waals surface area contributed by atoms with Crippen molar-refractivity contribution in [3.63, 3.8) is 0 Å². The molecular formula is C18H27N3O. The van der Waals surface area contributed by atoms with Crippen molar-refractivity contribution < 1.29 is 4.79 Å². The van der Waals surface area contributed by atoms with Gasteiger partial charge in [0.05, 0.1) is 5.54 Å². The van der Waals surface area contributed by atoms with E-state index < -0.39 is 0 Å². The molecule has 4 heteroatoms. The van der Waals surface area contributed by atoms with E-state index in [1.807, 2.05) is 6.07 Å². The molecule has 0 spiro atoms. The lowest BCUT2D eigenvalue weighted by atomic mass is 9.82. The third-order valence-corrected chi connectivity index (χ3v) is 5.02. The van der Waals surface area contributed by atoms with Crippen molar-refractivity contribution in [2.75, 3.05) is 26.2 Å². The Morgan fingerprint density at radius 2 is 1.86 bits per heavy atom. The van der Waals surface area contributed by atoms with E-state index in [0.29, 0.717) is 0 Å². The van der Waals surface area contributed by atoms with Gasteiger partial charge in [-0.1, -0.05) is 30.3 Å². The zero-order valence-corrected chi connectivity index (χ0v) is 13.2. The molecule has 1 aromatic carbocycles. The lowest BCUT2D eigenvalue weighted by Crippen LogP contribution is -2.56. The Hall–Kier alpha value is -1.39. The van der Waals surface area contributed by atoms with Crippen LogP contribution in [0, 0.1) is 5.92 Å². The Morgan fingerprint density at radius 3 is 2.64 bits per heavy atom. The quantitative estimate of drug-likeness (QED) is 0.797. The van der Waals surface area contributed by atoms with Crippen LogP contribution in [-0.2, 0) is 10.3 Å². The summed E-state index contributed by atoms with van der Waals surface area (Å²) in [5, 5.41) is 10.3. The minimum Gasteiger partial charge on any atom is -0.345 e. The summed E-state index contributed by atoms with van der Waals surface area (Å²) in [5.74, 6) is 0.383. The zero-order chi connectivity index (χ0) is 15.3. The van der Waals surface area contributed by atoms with E-state index in [2.05, 4.69) is 40.2 Å². The first-order chi connectivity index (χ1) is 10.8. The SMILES string of the molecule is O=C(N[C@]1(c2ccccc2)CCCNC1)C1CCCNCC1. The second kappa shape index (κ2) is 7.25. The summed E-state index contributed by atoms with van der Waals surface area (Å²) in [6.45, 7) is 3.86. The standard InChI is InChI=1S/C18H27N3O/c22-17(15-6-4-11-19-13-9-15)21-18(10-5-12-20-14-18)16-7-2-1-3-8-16/h1-3,7-8,15,19-20H,4-6,9-14H2,(H,21,22)/t15?,18-/m1/s1. The molecule has 120 valence electrons. The number of amides is 1. The fourth-order valence-electron chi connectivity index (χ4n) is 3.71. The van der Waals surface area contributed by atoms with Crippen molar-refractivity contribution in [3.05, 3.63) is 35.9 Å². The predicted molar refractivity (Wildman–Crippen MR) is 88.6 cm³/mol. The lowest BCUT2D eigenvalue weighted by Gasteiger charge is -2.40. The third kappa shape index (κ3) is 3.50. The van der Waals surface area contributed by atoms with E-state index in [1.165, 1.54) is 5.56 Å². The highest BCUT2D eigenvalue weighted by atomic mass is 16.2. The van der Waals surface area contributed by atoms with Crippen LogP contribution >= 0.6 is 0 Å². The van der Waals surface area contributed by atoms with E-state index in [4.69, 9.17) is 0 Å². The Bertz CT molecular complexity index is 474. The summed E-state index contributed by atoms with van der Waals surface area (Å²) in [6, 6.07) is 10.4. The van der Waals surface area contributed by atoms with Crippen molar-refractivity contribution in [2.24, 2.45) is 5.92 Å². The molecule has 1 aromatic rings. The molecule has 2 saturated heterocycles. The molecule has 0 bridgehead atoms. The normalized spacial score (nSPS) is 29.5. The maximum Gasteiger partial charge on any atom is 0.223 e. The summed E-state index contributed by atoms with van der Waals surface area (Å²) in [7, 11) is 0. The molecule has 0 aliphatic carbocycles. The fourth-order valence-corrected chi connectivity index (χ4v) is 3.71. The van der Waals surface area contributed by atoms with E-state index in [1.54, 1.807) is 0 Å². The Balaban J connectivity index is 1.76. The molecular weight excluding hydrogens is 274 g/mol. The molecule has 0 radical (unpaired) electrons. The number of piperidine rings is 1. The number of carbonyl (C=O) groups excluding carboxylic acids is 1. The summed E-state index contributed by atoms with van der Waals surface area (Å²) < 4.78 is 0. The molecule has 2 heterocycles. The molecule has 2 fully saturated rings. The van der Waals surface area contributed by atoms with Crippen molar-refractivity contribution in [1.29, 1.82) is 0 Å². The number of rotatable bonds is 3. The van der Waals surface area contributed by atoms with Crippen LogP contribution in [0.2, 0.25) is 0 Å². The highest BCUT2D eigenvalue weighted by Crippen LogP contribution is 2.29. The van der Waals surface area contributed by atoms with Gasteiger partial charge in [0.15, 0.2) is 0 Å². The van der Waals surface area contributed by atoms with E-state index in [9.17, 15) is 4.79 Å². The summed E-state index contributed by atoms with van der Waals surface area (Å²) >= 11 is 0. The van der Waals surface area contributed by atoms with Crippen LogP contribution in [0.1, 0.15) is 37.7 Å². The first-order valence-corrected chi connectivity index (χ1v) is 8.59. The van der Waals surface area contributed by atoms with Crippen LogP contribution in [0.3, 0.4) is 0 Å². The second-order valence-electron chi connectivity index (χ2n) is 6.60. The largest absolute Gasteiger partial charge is 0.345 e. The van der Waals surface area contributed by atoms with Gasteiger partial charge in [-0.2, -0.15) is 0 Å². The maximum atomic E-state index is 12.8. The molecule has 2 aliphatic rings. The average molecular weight is 301 g/mol. The average Bonchev–Trinajstić information content (AvgIpc) is 2.86. The molecule has 0 aromatic heterocycles. The summed E-state index contributed by atoms with van der Waals surface area (Å²) in [6.07, 6.45) is 5.15. The van der Waals surface area contributed by atoms with E-state index >= 15 is 0 Å². The van der Waals surface area contributed by atoms with Crippen LogP contribution in [0.15, 0.2) is 30.3 Å². The van der Waals surface area contributed by atoms with Gasteiger partial charge in [0, 0.05) is 12.5 Å². The van der Waals surface area contributed by atoms with Gasteiger partial charge in [0.25, 0.3) is 0 Å². The van der Waals surface area contributed by atoms with E-state index in [0.717, 1.165) is 58.3 Å². The van der Waals surface area contributed by atoms with Crippen molar-refractivity contribution >= 4 is 5.91 Å². The summed E-state index contributed by atoms with van der Waals surface area (Å²) in [5.41, 5.74) is 0.985. The van der Waals surface area contributed by atoms with Gasteiger partial charge >= 0.3 is 0 Å². The topological polar surface area (TPSA) is 53.2 Å². The fraction of sp³-hybridized carbons (Fsp3) is 0.611. The molecule has 22 heavy (non-hydrogen) atoms. The molecule has 1 unspecified atom stereocenters. The van der Waals surface area contributed by atoms with Gasteiger partial charge in [-0.3, -0.25) is 4.79 Å². The van der Waals surface area contributed by atoms with E-state index in [-0.39, 0.29) is 17.4 Å². The number of hydrogen-bond acceptors (Lipinski definition) is 3. The van der Waals surface area contributed by atoms with Crippen molar-refractivity contribution in [2.45, 2.75) is 37.6 Å². The minimum atomic E-state index is -0.240.